The van der Waals surface area contributed by atoms with E-state index in [1.54, 1.807) is 0 Å². The zero-order valence-corrected chi connectivity index (χ0v) is 36.7. The highest BCUT2D eigenvalue weighted by Crippen LogP contribution is 2.73. The topological polar surface area (TPSA) is 0 Å². The van der Waals surface area contributed by atoms with E-state index in [4.69, 9.17) is 15.3 Å². The van der Waals surface area contributed by atoms with E-state index in [2.05, 4.69) is 138 Å². The van der Waals surface area contributed by atoms with Crippen LogP contribution in [-0.4, -0.2) is 42.0 Å². The maximum atomic E-state index is 5.36. The monoisotopic (exact) mass is 677 g/mol. The van der Waals surface area contributed by atoms with Crippen molar-refractivity contribution < 1.29 is 0 Å². The fraction of sp³-hybridized carbons (Fsp3) is 1.00. The van der Waals surface area contributed by atoms with Crippen molar-refractivity contribution in [1.29, 1.82) is 0 Å². The number of halogens is 1. The molecule has 7 heteroatoms. The van der Waals surface area contributed by atoms with Gasteiger partial charge in [-0.3, -0.25) is 0 Å². The molecule has 0 aromatic rings. The van der Waals surface area contributed by atoms with E-state index in [1.807, 2.05) is 0 Å². The number of rotatable bonds is 10. The van der Waals surface area contributed by atoms with Crippen molar-refractivity contribution in [2.75, 3.05) is 0 Å². The molecular formula is C30H70BrSi6. The molecule has 37 heavy (non-hydrogen) atoms. The Morgan fingerprint density at radius 1 is 0.351 bits per heavy atom. The summed E-state index contributed by atoms with van der Waals surface area (Å²) >= 11 is 5.36. The van der Waals surface area contributed by atoms with E-state index in [0.29, 0.717) is 0 Å². The fourth-order valence-electron chi connectivity index (χ4n) is 13.1. The molecule has 1 radical (unpaired) electrons. The fourth-order valence-corrected chi connectivity index (χ4v) is 312. The molecule has 0 spiro atoms. The first-order valence-electron chi connectivity index (χ1n) is 16.1. The van der Waals surface area contributed by atoms with Crippen LogP contribution in [0.2, 0.25) is 55.4 Å². The summed E-state index contributed by atoms with van der Waals surface area (Å²) in [7, 11) is -7.57. The Morgan fingerprint density at radius 2 is 0.568 bits per heavy atom. The largest absolute Gasteiger partial charge is 0.133 e. The van der Waals surface area contributed by atoms with Crippen molar-refractivity contribution in [3.05, 3.63) is 0 Å². The van der Waals surface area contributed by atoms with Gasteiger partial charge in [-0.2, -0.15) is 0 Å². The highest BCUT2D eigenvalue weighted by atomic mass is 79.9. The number of hydrogen-bond acceptors (Lipinski definition) is 0. The zero-order valence-electron chi connectivity index (χ0n) is 29.2. The van der Waals surface area contributed by atoms with Gasteiger partial charge in [0.25, 0.3) is 0 Å². The lowest BCUT2D eigenvalue weighted by Gasteiger charge is -2.83. The van der Waals surface area contributed by atoms with Crippen molar-refractivity contribution in [2.45, 2.75) is 194 Å². The summed E-state index contributed by atoms with van der Waals surface area (Å²) in [6, 6.07) is 0. The second kappa shape index (κ2) is 12.2. The molecular weight excluding hydrogens is 609 g/mol. The van der Waals surface area contributed by atoms with Gasteiger partial charge in [-0.15, -0.1) is 15.3 Å². The maximum absolute atomic E-state index is 5.36. The molecule has 0 N–H and O–H groups in total. The van der Waals surface area contributed by atoms with Gasteiger partial charge in [0.1, 0.15) is 5.73 Å². The molecule has 0 bridgehead atoms. The summed E-state index contributed by atoms with van der Waals surface area (Å²) < 4.78 is 0. The van der Waals surface area contributed by atoms with Gasteiger partial charge in [-0.05, 0) is 5.54 Å². The predicted molar refractivity (Wildman–Crippen MR) is 194 cm³/mol. The van der Waals surface area contributed by atoms with E-state index in [0.717, 1.165) is 55.4 Å². The molecule has 0 aromatic heterocycles. The lowest BCUT2D eigenvalue weighted by Crippen LogP contribution is -3.06. The minimum atomic E-state index is -1.90. The van der Waals surface area contributed by atoms with Gasteiger partial charge in [0.2, 0.25) is 0 Å². The van der Waals surface area contributed by atoms with Crippen LogP contribution in [-0.2, 0) is 0 Å². The third-order valence-corrected chi connectivity index (χ3v) is 168. The Hall–Kier alpha value is 1.78. The average Bonchev–Trinajstić information content (AvgIpc) is 2.69. The molecule has 1 saturated heterocycles. The van der Waals surface area contributed by atoms with E-state index in [-0.39, 0.29) is 0 Å². The third-order valence-electron chi connectivity index (χ3n) is 12.1. The molecule has 0 nitrogen and oxygen atoms in total. The standard InChI is InChI=1S/C30H70BrSi6/c1-21(2)32-33(22(3)4,23(5)6)35(26(11)12,27(13)14)37(31,30(19)20)36(28(15)16,29(17)18)34(32,24(7)8)25(9)10/h21-30H,1-20H3. The summed E-state index contributed by atoms with van der Waals surface area (Å²) in [6.07, 6.45) is 0. The minimum Gasteiger partial charge on any atom is -0.133 e. The SMILES string of the molecule is CC(C)[Si]1[Si](C(C)C)(C(C)C)[Si](C(C)C)(C(C)C)[Si](Br)(C(C)C)[Si](C(C)C)(C(C)C)[Si]1(C(C)C)C(C)C. The molecule has 0 aliphatic carbocycles. The van der Waals surface area contributed by atoms with Crippen molar-refractivity contribution in [1.82, 2.24) is 0 Å². The average molecular weight is 679 g/mol. The second-order valence-corrected chi connectivity index (χ2v) is 81.9. The van der Waals surface area contributed by atoms with Gasteiger partial charge < -0.3 is 0 Å². The molecule has 1 aliphatic heterocycles. The molecule has 221 valence electrons. The van der Waals surface area contributed by atoms with Crippen molar-refractivity contribution >= 4 is 57.3 Å². The molecule has 1 heterocycles. The molecule has 0 unspecified atom stereocenters. The Kier molecular flexibility index (Phi) is 12.1. The summed E-state index contributed by atoms with van der Waals surface area (Å²) in [5, 5.41) is 0. The van der Waals surface area contributed by atoms with Crippen LogP contribution in [0.25, 0.3) is 0 Å². The van der Waals surface area contributed by atoms with Gasteiger partial charge in [-0.25, -0.2) is 0 Å². The van der Waals surface area contributed by atoms with Crippen molar-refractivity contribution in [3.8, 4) is 0 Å². The van der Waals surface area contributed by atoms with Crippen LogP contribution >= 0.6 is 15.3 Å². The molecule has 0 amide bonds. The summed E-state index contributed by atoms with van der Waals surface area (Å²) in [6.45, 7) is 55.6. The molecule has 0 aromatic carbocycles. The van der Waals surface area contributed by atoms with Gasteiger partial charge in [-0.1, -0.05) is 188 Å². The first-order valence-corrected chi connectivity index (χ1v) is 36.7. The lowest BCUT2D eigenvalue weighted by atomic mass is 10.5. The normalized spacial score (nSPS) is 23.4. The van der Waals surface area contributed by atoms with Crippen LogP contribution < -0.4 is 0 Å². The van der Waals surface area contributed by atoms with Gasteiger partial charge in [0.05, 0.1) is 14.2 Å². The van der Waals surface area contributed by atoms with Crippen LogP contribution in [0.1, 0.15) is 138 Å². The van der Waals surface area contributed by atoms with Crippen LogP contribution in [0.5, 0.6) is 0 Å². The van der Waals surface area contributed by atoms with E-state index in [9.17, 15) is 0 Å². The number of hydrogen-bond donors (Lipinski definition) is 0. The predicted octanol–water partition coefficient (Wildman–Crippen LogP) is 12.2. The summed E-state index contributed by atoms with van der Waals surface area (Å²) in [5.74, 6) is 0. The minimum absolute atomic E-state index is 0.546. The van der Waals surface area contributed by atoms with Crippen LogP contribution in [0, 0.1) is 0 Å². The van der Waals surface area contributed by atoms with E-state index in [1.165, 1.54) is 0 Å². The van der Waals surface area contributed by atoms with Crippen molar-refractivity contribution in [3.63, 3.8) is 0 Å². The van der Waals surface area contributed by atoms with Gasteiger partial charge in [0.15, 0.2) is 0 Å². The molecule has 1 aliphatic rings. The first-order chi connectivity index (χ1) is 16.6. The van der Waals surface area contributed by atoms with E-state index < -0.39 is 42.0 Å². The summed E-state index contributed by atoms with van der Waals surface area (Å²) in [4.78, 5) is 0. The van der Waals surface area contributed by atoms with E-state index >= 15 is 0 Å². The molecule has 1 fully saturated rings. The third kappa shape index (κ3) is 4.16. The highest BCUT2D eigenvalue weighted by molar-refractivity contribution is 9.30. The Labute approximate surface area is 249 Å². The Balaban J connectivity index is 5.13. The maximum Gasteiger partial charge on any atom is 0.113 e. The van der Waals surface area contributed by atoms with Crippen LogP contribution in [0.3, 0.4) is 0 Å². The zero-order chi connectivity index (χ0) is 29.9. The van der Waals surface area contributed by atoms with Gasteiger partial charge >= 0.3 is 0 Å². The van der Waals surface area contributed by atoms with Crippen molar-refractivity contribution in [2.24, 2.45) is 0 Å². The molecule has 0 saturated carbocycles. The molecule has 0 atom stereocenters. The Morgan fingerprint density at radius 3 is 0.676 bits per heavy atom. The van der Waals surface area contributed by atoms with Crippen LogP contribution in [0.15, 0.2) is 0 Å². The Bertz CT molecular complexity index is 669. The highest BCUT2D eigenvalue weighted by Gasteiger charge is 2.89. The van der Waals surface area contributed by atoms with Crippen LogP contribution in [0.4, 0.5) is 0 Å². The van der Waals surface area contributed by atoms with Gasteiger partial charge in [0, 0.05) is 22.0 Å². The quantitative estimate of drug-likeness (QED) is 0.159. The smallest absolute Gasteiger partial charge is 0.113 e. The first kappa shape index (κ1) is 36.8. The second-order valence-electron chi connectivity index (χ2n) is 16.1. The lowest BCUT2D eigenvalue weighted by molar-refractivity contribution is 0.863. The summed E-state index contributed by atoms with van der Waals surface area (Å²) in [5.41, 5.74) is 7.12. The molecule has 1 rings (SSSR count).